The van der Waals surface area contributed by atoms with Crippen molar-refractivity contribution in [2.45, 2.75) is 38.9 Å². The summed E-state index contributed by atoms with van der Waals surface area (Å²) >= 11 is 0. The summed E-state index contributed by atoms with van der Waals surface area (Å²) in [5.74, 6) is 0. The zero-order chi connectivity index (χ0) is 16.7. The third kappa shape index (κ3) is 2.78. The number of nitrogens with zero attached hydrogens (tertiary/aromatic N) is 1. The van der Waals surface area contributed by atoms with Gasteiger partial charge >= 0.3 is 7.12 Å². The fourth-order valence-corrected chi connectivity index (χ4v) is 2.63. The SMILES string of the molecule is CC1(C)OB(c2ccc(-c3ccccc3C#N)cc2)OC1(C)C. The third-order valence-corrected chi connectivity index (χ3v) is 4.79. The lowest BCUT2D eigenvalue weighted by atomic mass is 9.78. The van der Waals surface area contributed by atoms with Crippen LogP contribution in [-0.4, -0.2) is 18.3 Å². The Morgan fingerprint density at radius 3 is 2.00 bits per heavy atom. The summed E-state index contributed by atoms with van der Waals surface area (Å²) in [6, 6.07) is 17.9. The predicted molar refractivity (Wildman–Crippen MR) is 92.3 cm³/mol. The Morgan fingerprint density at radius 2 is 1.43 bits per heavy atom. The molecule has 1 aliphatic rings. The molecule has 0 saturated carbocycles. The molecule has 0 unspecified atom stereocenters. The first kappa shape index (κ1) is 15.8. The number of benzene rings is 2. The van der Waals surface area contributed by atoms with Crippen molar-refractivity contribution in [1.29, 1.82) is 5.26 Å². The molecule has 0 amide bonds. The van der Waals surface area contributed by atoms with Gasteiger partial charge in [0.2, 0.25) is 0 Å². The number of nitriles is 1. The predicted octanol–water partition coefficient (Wildman–Crippen LogP) is 3.52. The Balaban J connectivity index is 1.88. The van der Waals surface area contributed by atoms with E-state index in [-0.39, 0.29) is 18.3 Å². The second-order valence-electron chi connectivity index (χ2n) is 6.87. The van der Waals surface area contributed by atoms with E-state index in [2.05, 4.69) is 6.07 Å². The molecular formula is C19H20BNO2. The van der Waals surface area contributed by atoms with E-state index in [1.807, 2.05) is 76.2 Å². The van der Waals surface area contributed by atoms with Crippen LogP contribution in [-0.2, 0) is 9.31 Å². The van der Waals surface area contributed by atoms with Crippen molar-refractivity contribution >= 4 is 12.6 Å². The Hall–Kier alpha value is -2.09. The van der Waals surface area contributed by atoms with Gasteiger partial charge in [0.05, 0.1) is 22.8 Å². The van der Waals surface area contributed by atoms with Crippen LogP contribution in [0.5, 0.6) is 0 Å². The first-order valence-electron chi connectivity index (χ1n) is 7.79. The van der Waals surface area contributed by atoms with Crippen molar-refractivity contribution in [3.05, 3.63) is 54.1 Å². The maximum absolute atomic E-state index is 9.23. The van der Waals surface area contributed by atoms with Crippen molar-refractivity contribution in [2.75, 3.05) is 0 Å². The molecule has 3 rings (SSSR count). The second kappa shape index (κ2) is 5.52. The Morgan fingerprint density at radius 1 is 0.870 bits per heavy atom. The molecule has 1 heterocycles. The van der Waals surface area contributed by atoms with E-state index < -0.39 is 0 Å². The molecule has 2 aromatic rings. The molecule has 1 saturated heterocycles. The average Bonchev–Trinajstić information content (AvgIpc) is 2.75. The van der Waals surface area contributed by atoms with Gasteiger partial charge in [-0.05, 0) is 50.4 Å². The summed E-state index contributed by atoms with van der Waals surface area (Å²) in [5.41, 5.74) is 2.93. The van der Waals surface area contributed by atoms with Crippen LogP contribution in [0.3, 0.4) is 0 Å². The van der Waals surface area contributed by atoms with Gasteiger partial charge in [-0.3, -0.25) is 0 Å². The van der Waals surface area contributed by atoms with Gasteiger partial charge in [-0.1, -0.05) is 42.5 Å². The van der Waals surface area contributed by atoms with E-state index in [0.717, 1.165) is 16.6 Å². The minimum atomic E-state index is -0.361. The van der Waals surface area contributed by atoms with Crippen molar-refractivity contribution in [3.63, 3.8) is 0 Å². The van der Waals surface area contributed by atoms with Crippen LogP contribution in [0.1, 0.15) is 33.3 Å². The lowest BCUT2D eigenvalue weighted by Gasteiger charge is -2.32. The Labute approximate surface area is 138 Å². The third-order valence-electron chi connectivity index (χ3n) is 4.79. The van der Waals surface area contributed by atoms with Crippen LogP contribution in [0, 0.1) is 11.3 Å². The molecule has 4 heteroatoms. The zero-order valence-corrected chi connectivity index (χ0v) is 14.0. The molecule has 1 aliphatic heterocycles. The number of hydrogen-bond acceptors (Lipinski definition) is 3. The van der Waals surface area contributed by atoms with Gasteiger partial charge < -0.3 is 9.31 Å². The fraction of sp³-hybridized carbons (Fsp3) is 0.316. The molecule has 0 N–H and O–H groups in total. The van der Waals surface area contributed by atoms with E-state index >= 15 is 0 Å². The van der Waals surface area contributed by atoms with Gasteiger partial charge in [0.25, 0.3) is 0 Å². The maximum atomic E-state index is 9.23. The highest BCUT2D eigenvalue weighted by Gasteiger charge is 2.51. The highest BCUT2D eigenvalue weighted by Crippen LogP contribution is 2.36. The molecule has 3 nitrogen and oxygen atoms in total. The van der Waals surface area contributed by atoms with Crippen LogP contribution in [0.2, 0.25) is 0 Å². The molecule has 116 valence electrons. The lowest BCUT2D eigenvalue weighted by molar-refractivity contribution is 0.00578. The van der Waals surface area contributed by atoms with E-state index in [9.17, 15) is 5.26 Å². The molecule has 0 aliphatic carbocycles. The summed E-state index contributed by atoms with van der Waals surface area (Å²) in [4.78, 5) is 0. The van der Waals surface area contributed by atoms with E-state index in [1.165, 1.54) is 0 Å². The molecular weight excluding hydrogens is 285 g/mol. The van der Waals surface area contributed by atoms with E-state index in [1.54, 1.807) is 0 Å². The minimum Gasteiger partial charge on any atom is -0.399 e. The van der Waals surface area contributed by atoms with Gasteiger partial charge in [-0.25, -0.2) is 0 Å². The maximum Gasteiger partial charge on any atom is 0.494 e. The van der Waals surface area contributed by atoms with Gasteiger partial charge in [-0.2, -0.15) is 5.26 Å². The molecule has 0 aromatic heterocycles. The second-order valence-corrected chi connectivity index (χ2v) is 6.87. The number of rotatable bonds is 2. The van der Waals surface area contributed by atoms with Crippen molar-refractivity contribution < 1.29 is 9.31 Å². The highest BCUT2D eigenvalue weighted by atomic mass is 16.7. The smallest absolute Gasteiger partial charge is 0.399 e. The molecule has 0 spiro atoms. The summed E-state index contributed by atoms with van der Waals surface area (Å²) in [6.07, 6.45) is 0. The van der Waals surface area contributed by atoms with Crippen LogP contribution in [0.25, 0.3) is 11.1 Å². The largest absolute Gasteiger partial charge is 0.494 e. The van der Waals surface area contributed by atoms with Gasteiger partial charge in [0, 0.05) is 0 Å². The molecule has 2 aromatic carbocycles. The summed E-state index contributed by atoms with van der Waals surface area (Å²) in [6.45, 7) is 8.18. The standard InChI is InChI=1S/C19H20BNO2/c1-18(2)19(3,4)23-20(22-18)16-11-9-14(10-12-16)17-8-6-5-7-15(17)13-21/h5-12H,1-4H3. The Bertz CT molecular complexity index is 744. The fourth-order valence-electron chi connectivity index (χ4n) is 2.63. The van der Waals surface area contributed by atoms with E-state index in [4.69, 9.17) is 9.31 Å². The first-order chi connectivity index (χ1) is 10.8. The number of hydrogen-bond donors (Lipinski definition) is 0. The summed E-state index contributed by atoms with van der Waals surface area (Å²) in [5, 5.41) is 9.23. The summed E-state index contributed by atoms with van der Waals surface area (Å²) in [7, 11) is -0.361. The van der Waals surface area contributed by atoms with Crippen molar-refractivity contribution in [3.8, 4) is 17.2 Å². The minimum absolute atomic E-state index is 0.344. The van der Waals surface area contributed by atoms with E-state index in [0.29, 0.717) is 5.56 Å². The topological polar surface area (TPSA) is 42.2 Å². The zero-order valence-electron chi connectivity index (χ0n) is 14.0. The van der Waals surface area contributed by atoms with Crippen LogP contribution >= 0.6 is 0 Å². The molecule has 23 heavy (non-hydrogen) atoms. The monoisotopic (exact) mass is 305 g/mol. The molecule has 0 radical (unpaired) electrons. The first-order valence-corrected chi connectivity index (χ1v) is 7.79. The van der Waals surface area contributed by atoms with Crippen LogP contribution < -0.4 is 5.46 Å². The highest BCUT2D eigenvalue weighted by molar-refractivity contribution is 6.62. The lowest BCUT2D eigenvalue weighted by Crippen LogP contribution is -2.41. The molecule has 0 bridgehead atoms. The normalized spacial score (nSPS) is 18.7. The van der Waals surface area contributed by atoms with Crippen LogP contribution in [0.15, 0.2) is 48.5 Å². The summed E-state index contributed by atoms with van der Waals surface area (Å²) < 4.78 is 12.1. The molecule has 1 fully saturated rings. The Kier molecular flexibility index (Phi) is 3.79. The quantitative estimate of drug-likeness (QED) is 0.797. The van der Waals surface area contributed by atoms with Gasteiger partial charge in [-0.15, -0.1) is 0 Å². The van der Waals surface area contributed by atoms with Gasteiger partial charge in [0.1, 0.15) is 0 Å². The average molecular weight is 305 g/mol. The van der Waals surface area contributed by atoms with Crippen molar-refractivity contribution in [2.24, 2.45) is 0 Å². The van der Waals surface area contributed by atoms with Crippen LogP contribution in [0.4, 0.5) is 0 Å². The van der Waals surface area contributed by atoms with Gasteiger partial charge in [0.15, 0.2) is 0 Å². The molecule has 0 atom stereocenters. The van der Waals surface area contributed by atoms with Crippen molar-refractivity contribution in [1.82, 2.24) is 0 Å².